The van der Waals surface area contributed by atoms with Crippen LogP contribution in [0.25, 0.3) is 32.9 Å². The minimum Gasteiger partial charge on any atom is -0.507 e. The fourth-order valence-corrected chi connectivity index (χ4v) is 2.94. The van der Waals surface area contributed by atoms with Crippen LogP contribution in [0.2, 0.25) is 0 Å². The molecule has 4 heteroatoms. The first-order chi connectivity index (χ1) is 11.7. The highest BCUT2D eigenvalue weighted by molar-refractivity contribution is 6.08. The van der Waals surface area contributed by atoms with Crippen molar-refractivity contribution in [3.63, 3.8) is 0 Å². The number of methoxy groups -OCH3 is 1. The highest BCUT2D eigenvalue weighted by Crippen LogP contribution is 2.36. The number of benzene rings is 3. The molecule has 0 bridgehead atoms. The van der Waals surface area contributed by atoms with Crippen LogP contribution >= 0.6 is 0 Å². The summed E-state index contributed by atoms with van der Waals surface area (Å²) in [5.74, 6) is 0.639. The SMILES string of the molecule is COc1ccc2c(c1)c(=O)oc1cc(-c3ccccc3)cc(O)c12. The number of fused-ring (bicyclic) bond motifs is 3. The third-order valence-corrected chi connectivity index (χ3v) is 4.11. The number of phenols is 1. The van der Waals surface area contributed by atoms with Gasteiger partial charge in [-0.05, 0) is 41.5 Å². The summed E-state index contributed by atoms with van der Waals surface area (Å²) < 4.78 is 10.6. The smallest absolute Gasteiger partial charge is 0.344 e. The molecule has 0 saturated heterocycles. The zero-order valence-electron chi connectivity index (χ0n) is 12.9. The van der Waals surface area contributed by atoms with E-state index in [0.717, 1.165) is 11.1 Å². The molecular weight excluding hydrogens is 304 g/mol. The van der Waals surface area contributed by atoms with E-state index in [0.29, 0.717) is 27.5 Å². The maximum absolute atomic E-state index is 12.3. The summed E-state index contributed by atoms with van der Waals surface area (Å²) in [6.07, 6.45) is 0. The summed E-state index contributed by atoms with van der Waals surface area (Å²) in [4.78, 5) is 12.3. The second kappa shape index (κ2) is 5.42. The van der Waals surface area contributed by atoms with E-state index >= 15 is 0 Å². The molecular formula is C20H14O4. The van der Waals surface area contributed by atoms with E-state index in [4.69, 9.17) is 9.15 Å². The fourth-order valence-electron chi connectivity index (χ4n) is 2.94. The molecule has 1 aromatic heterocycles. The molecule has 1 N–H and O–H groups in total. The van der Waals surface area contributed by atoms with Crippen molar-refractivity contribution in [3.05, 3.63) is 71.1 Å². The molecule has 1 heterocycles. The van der Waals surface area contributed by atoms with Crippen LogP contribution in [0, 0.1) is 0 Å². The quantitative estimate of drug-likeness (QED) is 0.441. The summed E-state index contributed by atoms with van der Waals surface area (Å²) in [7, 11) is 1.54. The molecule has 4 aromatic rings. The van der Waals surface area contributed by atoms with Crippen molar-refractivity contribution in [2.24, 2.45) is 0 Å². The zero-order valence-corrected chi connectivity index (χ0v) is 12.9. The molecule has 0 radical (unpaired) electrons. The van der Waals surface area contributed by atoms with E-state index in [1.165, 1.54) is 7.11 Å². The predicted molar refractivity (Wildman–Crippen MR) is 93.6 cm³/mol. The third-order valence-electron chi connectivity index (χ3n) is 4.11. The Morgan fingerprint density at radius 1 is 0.917 bits per heavy atom. The van der Waals surface area contributed by atoms with Crippen LogP contribution in [0.3, 0.4) is 0 Å². The molecule has 118 valence electrons. The molecule has 0 aliphatic heterocycles. The summed E-state index contributed by atoms with van der Waals surface area (Å²) in [6.45, 7) is 0. The number of hydrogen-bond donors (Lipinski definition) is 1. The van der Waals surface area contributed by atoms with Crippen molar-refractivity contribution in [1.82, 2.24) is 0 Å². The van der Waals surface area contributed by atoms with Crippen molar-refractivity contribution in [3.8, 4) is 22.6 Å². The van der Waals surface area contributed by atoms with Crippen molar-refractivity contribution < 1.29 is 14.3 Å². The Morgan fingerprint density at radius 2 is 1.71 bits per heavy atom. The van der Waals surface area contributed by atoms with E-state index in [2.05, 4.69) is 0 Å². The molecule has 0 unspecified atom stereocenters. The summed E-state index contributed by atoms with van der Waals surface area (Å²) >= 11 is 0. The second-order valence-electron chi connectivity index (χ2n) is 5.54. The maximum Gasteiger partial charge on any atom is 0.344 e. The van der Waals surface area contributed by atoms with Crippen molar-refractivity contribution in [2.75, 3.05) is 7.11 Å². The Labute approximate surface area is 137 Å². The Bertz CT molecular complexity index is 1110. The van der Waals surface area contributed by atoms with Gasteiger partial charge in [0.15, 0.2) is 0 Å². The van der Waals surface area contributed by atoms with E-state index in [1.807, 2.05) is 30.3 Å². The highest BCUT2D eigenvalue weighted by atomic mass is 16.5. The van der Waals surface area contributed by atoms with Crippen LogP contribution in [0.1, 0.15) is 0 Å². The average molecular weight is 318 g/mol. The zero-order chi connectivity index (χ0) is 16.7. The Hall–Kier alpha value is -3.27. The van der Waals surface area contributed by atoms with Gasteiger partial charge in [0.1, 0.15) is 17.1 Å². The van der Waals surface area contributed by atoms with Gasteiger partial charge < -0.3 is 14.3 Å². The van der Waals surface area contributed by atoms with Gasteiger partial charge in [0.25, 0.3) is 0 Å². The second-order valence-corrected chi connectivity index (χ2v) is 5.54. The lowest BCUT2D eigenvalue weighted by atomic mass is 10.0. The van der Waals surface area contributed by atoms with Crippen molar-refractivity contribution >= 4 is 21.7 Å². The average Bonchev–Trinajstić information content (AvgIpc) is 2.61. The number of hydrogen-bond acceptors (Lipinski definition) is 4. The minimum absolute atomic E-state index is 0.0743. The van der Waals surface area contributed by atoms with Crippen molar-refractivity contribution in [2.45, 2.75) is 0 Å². The summed E-state index contributed by atoms with van der Waals surface area (Å²) in [5.41, 5.74) is 1.63. The van der Waals surface area contributed by atoms with Gasteiger partial charge in [-0.25, -0.2) is 4.79 Å². The van der Waals surface area contributed by atoms with Gasteiger partial charge in [0.05, 0.1) is 17.9 Å². The summed E-state index contributed by atoms with van der Waals surface area (Å²) in [6, 6.07) is 18.2. The normalized spacial score (nSPS) is 11.0. The minimum atomic E-state index is -0.457. The monoisotopic (exact) mass is 318 g/mol. The van der Waals surface area contributed by atoms with Crippen molar-refractivity contribution in [1.29, 1.82) is 0 Å². The van der Waals surface area contributed by atoms with Gasteiger partial charge in [-0.3, -0.25) is 0 Å². The number of phenolic OH excluding ortho intramolecular Hbond substituents is 1. The van der Waals surface area contributed by atoms with Gasteiger partial charge in [0.2, 0.25) is 0 Å². The molecule has 0 aliphatic carbocycles. The van der Waals surface area contributed by atoms with Crippen LogP contribution in [0.4, 0.5) is 0 Å². The van der Waals surface area contributed by atoms with Crippen LogP contribution in [0.5, 0.6) is 11.5 Å². The number of ether oxygens (including phenoxy) is 1. The molecule has 3 aromatic carbocycles. The molecule has 0 amide bonds. The third kappa shape index (κ3) is 2.20. The van der Waals surface area contributed by atoms with Crippen LogP contribution in [-0.4, -0.2) is 12.2 Å². The van der Waals surface area contributed by atoms with Crippen LogP contribution in [-0.2, 0) is 0 Å². The molecule has 4 rings (SSSR count). The largest absolute Gasteiger partial charge is 0.507 e. The standard InChI is InChI=1S/C20H14O4/c1-23-14-7-8-15-16(11-14)20(22)24-18-10-13(9-17(21)19(15)18)12-5-3-2-4-6-12/h2-11,21H,1H3. The Kier molecular flexibility index (Phi) is 3.24. The Balaban J connectivity index is 2.07. The molecule has 24 heavy (non-hydrogen) atoms. The Morgan fingerprint density at radius 3 is 2.46 bits per heavy atom. The molecule has 0 saturated carbocycles. The first kappa shape index (κ1) is 14.3. The summed E-state index contributed by atoms with van der Waals surface area (Å²) in [5, 5.41) is 12.1. The number of aromatic hydroxyl groups is 1. The van der Waals surface area contributed by atoms with Gasteiger partial charge in [-0.15, -0.1) is 0 Å². The van der Waals surface area contributed by atoms with E-state index in [-0.39, 0.29) is 5.75 Å². The molecule has 0 atom stereocenters. The maximum atomic E-state index is 12.3. The first-order valence-electron chi connectivity index (χ1n) is 7.50. The van der Waals surface area contributed by atoms with Gasteiger partial charge in [-0.1, -0.05) is 30.3 Å². The highest BCUT2D eigenvalue weighted by Gasteiger charge is 2.14. The van der Waals surface area contributed by atoms with E-state index in [9.17, 15) is 9.90 Å². The van der Waals surface area contributed by atoms with Crippen LogP contribution < -0.4 is 10.4 Å². The lowest BCUT2D eigenvalue weighted by Crippen LogP contribution is -2.00. The van der Waals surface area contributed by atoms with Gasteiger partial charge in [-0.2, -0.15) is 0 Å². The molecule has 0 aliphatic rings. The molecule has 4 nitrogen and oxygen atoms in total. The van der Waals surface area contributed by atoms with E-state index < -0.39 is 5.63 Å². The fraction of sp³-hybridized carbons (Fsp3) is 0.0500. The van der Waals surface area contributed by atoms with Gasteiger partial charge >= 0.3 is 5.63 Å². The van der Waals surface area contributed by atoms with Gasteiger partial charge in [0, 0.05) is 5.39 Å². The topological polar surface area (TPSA) is 59.7 Å². The first-order valence-corrected chi connectivity index (χ1v) is 7.50. The lowest BCUT2D eigenvalue weighted by Gasteiger charge is -2.09. The van der Waals surface area contributed by atoms with Crippen LogP contribution in [0.15, 0.2) is 69.9 Å². The predicted octanol–water partition coefficient (Wildman–Crippen LogP) is 4.33. The van der Waals surface area contributed by atoms with E-state index in [1.54, 1.807) is 30.3 Å². The lowest BCUT2D eigenvalue weighted by molar-refractivity contribution is 0.415. The number of rotatable bonds is 2. The molecule has 0 fully saturated rings. The molecule has 0 spiro atoms.